The van der Waals surface area contributed by atoms with Gasteiger partial charge in [-0.25, -0.2) is 0 Å². The van der Waals surface area contributed by atoms with E-state index in [2.05, 4.69) is 24.8 Å². The van der Waals surface area contributed by atoms with Crippen molar-refractivity contribution in [3.63, 3.8) is 0 Å². The van der Waals surface area contributed by atoms with E-state index in [1.165, 1.54) is 0 Å². The number of carbonyl (C=O) groups is 1. The predicted molar refractivity (Wildman–Crippen MR) is 94.4 cm³/mol. The van der Waals surface area contributed by atoms with Crippen molar-refractivity contribution in [2.24, 2.45) is 11.3 Å². The lowest BCUT2D eigenvalue weighted by Crippen LogP contribution is -2.43. The molecule has 2 aliphatic heterocycles. The molecule has 24 heavy (non-hydrogen) atoms. The maximum absolute atomic E-state index is 12.4. The van der Waals surface area contributed by atoms with Gasteiger partial charge in [0.1, 0.15) is 0 Å². The van der Waals surface area contributed by atoms with Gasteiger partial charge >= 0.3 is 0 Å². The van der Waals surface area contributed by atoms with E-state index in [1.807, 2.05) is 11.9 Å². The van der Waals surface area contributed by atoms with E-state index in [-0.39, 0.29) is 17.4 Å². The van der Waals surface area contributed by atoms with Gasteiger partial charge in [0.2, 0.25) is 5.91 Å². The maximum Gasteiger partial charge on any atom is 0.225 e. The van der Waals surface area contributed by atoms with Crippen LogP contribution in [0.15, 0.2) is 0 Å². The Morgan fingerprint density at radius 3 is 2.50 bits per heavy atom. The molecule has 0 atom stereocenters. The molecule has 1 amide bonds. The molecule has 0 bridgehead atoms. The number of nitrogens with zero attached hydrogens (tertiary/aromatic N) is 3. The van der Waals surface area contributed by atoms with Crippen molar-refractivity contribution in [2.75, 3.05) is 39.9 Å². The fourth-order valence-electron chi connectivity index (χ4n) is 3.77. The first-order valence-corrected chi connectivity index (χ1v) is 9.45. The Labute approximate surface area is 146 Å². The van der Waals surface area contributed by atoms with E-state index in [0.717, 1.165) is 71.4 Å². The van der Waals surface area contributed by atoms with Crippen molar-refractivity contribution >= 4 is 5.91 Å². The summed E-state index contributed by atoms with van der Waals surface area (Å²) < 4.78 is 5.40. The van der Waals surface area contributed by atoms with Gasteiger partial charge in [-0.05, 0) is 72.0 Å². The van der Waals surface area contributed by atoms with Gasteiger partial charge < -0.3 is 14.5 Å². The van der Waals surface area contributed by atoms with Crippen LogP contribution in [0.5, 0.6) is 0 Å². The number of ether oxygens (including phenoxy) is 1. The molecule has 5 heteroatoms. The Morgan fingerprint density at radius 2 is 1.96 bits per heavy atom. The first kappa shape index (κ1) is 19.2. The number of rotatable bonds is 6. The highest BCUT2D eigenvalue weighted by molar-refractivity contribution is 5.78. The molecule has 0 radical (unpaired) electrons. The van der Waals surface area contributed by atoms with Gasteiger partial charge in [0.25, 0.3) is 0 Å². The highest BCUT2D eigenvalue weighted by atomic mass is 16.5. The number of carbonyl (C=O) groups excluding carboxylic acids is 1. The number of amides is 1. The average Bonchev–Trinajstić information content (AvgIpc) is 2.61. The van der Waals surface area contributed by atoms with E-state index in [4.69, 9.17) is 4.74 Å². The maximum atomic E-state index is 12.4. The molecule has 5 nitrogen and oxygen atoms in total. The van der Waals surface area contributed by atoms with Gasteiger partial charge in [0.15, 0.2) is 0 Å². The summed E-state index contributed by atoms with van der Waals surface area (Å²) in [5.41, 5.74) is -0.160. The number of hydrogen-bond acceptors (Lipinski definition) is 4. The number of likely N-dealkylation sites (tertiary alicyclic amines) is 1. The van der Waals surface area contributed by atoms with Gasteiger partial charge in [0, 0.05) is 32.2 Å². The molecule has 0 saturated carbocycles. The van der Waals surface area contributed by atoms with Crippen LogP contribution < -0.4 is 0 Å². The number of nitriles is 1. The molecule has 0 unspecified atom stereocenters. The molecule has 0 aromatic heterocycles. The molecular weight excluding hydrogens is 302 g/mol. The highest BCUT2D eigenvalue weighted by Crippen LogP contribution is 2.34. The molecule has 2 rings (SSSR count). The quantitative estimate of drug-likeness (QED) is 0.749. The van der Waals surface area contributed by atoms with Crippen LogP contribution in [0.3, 0.4) is 0 Å². The largest absolute Gasteiger partial charge is 0.381 e. The van der Waals surface area contributed by atoms with Crippen molar-refractivity contribution in [1.82, 2.24) is 9.80 Å². The molecule has 136 valence electrons. The Bertz CT molecular complexity index is 444. The molecular formula is C19H33N3O2. The molecule has 2 aliphatic rings. The molecule has 0 aliphatic carbocycles. The van der Waals surface area contributed by atoms with Crippen molar-refractivity contribution < 1.29 is 9.53 Å². The van der Waals surface area contributed by atoms with E-state index in [0.29, 0.717) is 5.91 Å². The summed E-state index contributed by atoms with van der Waals surface area (Å²) in [5.74, 6) is 0.491. The van der Waals surface area contributed by atoms with Crippen LogP contribution in [0, 0.1) is 22.7 Å². The molecule has 0 aromatic rings. The summed E-state index contributed by atoms with van der Waals surface area (Å²) in [6, 6.07) is 2.83. The fourth-order valence-corrected chi connectivity index (χ4v) is 3.77. The van der Waals surface area contributed by atoms with Crippen LogP contribution in [0.25, 0.3) is 0 Å². The summed E-state index contributed by atoms with van der Waals surface area (Å²) in [6.07, 6.45) is 5.73. The molecule has 2 fully saturated rings. The van der Waals surface area contributed by atoms with Crippen molar-refractivity contribution in [2.45, 2.75) is 58.4 Å². The van der Waals surface area contributed by atoms with E-state index in [1.54, 1.807) is 0 Å². The summed E-state index contributed by atoms with van der Waals surface area (Å²) in [4.78, 5) is 16.7. The third-order valence-corrected chi connectivity index (χ3v) is 5.88. The zero-order valence-electron chi connectivity index (χ0n) is 15.6. The van der Waals surface area contributed by atoms with Crippen LogP contribution in [-0.4, -0.2) is 61.6 Å². The molecule has 0 aromatic carbocycles. The Hall–Kier alpha value is -1.12. The Morgan fingerprint density at radius 1 is 1.33 bits per heavy atom. The summed E-state index contributed by atoms with van der Waals surface area (Å²) in [5, 5.41) is 9.51. The standard InChI is InChI=1S/C19H33N3O2/c1-16(2)21(3)18(23)17-5-11-22(12-6-17)10-4-7-19(15-20)8-13-24-14-9-19/h16-17H,4-14H2,1-3H3. The van der Waals surface area contributed by atoms with Gasteiger partial charge in [-0.15, -0.1) is 0 Å². The van der Waals surface area contributed by atoms with Crippen molar-refractivity contribution in [1.29, 1.82) is 5.26 Å². The molecule has 2 saturated heterocycles. The minimum absolute atomic E-state index is 0.160. The van der Waals surface area contributed by atoms with Gasteiger partial charge in [-0.3, -0.25) is 4.79 Å². The fraction of sp³-hybridized carbons (Fsp3) is 0.895. The van der Waals surface area contributed by atoms with E-state index in [9.17, 15) is 10.1 Å². The van der Waals surface area contributed by atoms with Gasteiger partial charge in [-0.2, -0.15) is 5.26 Å². The van der Waals surface area contributed by atoms with Crippen LogP contribution in [0.2, 0.25) is 0 Å². The lowest BCUT2D eigenvalue weighted by atomic mass is 9.78. The molecule has 0 spiro atoms. The monoisotopic (exact) mass is 335 g/mol. The average molecular weight is 335 g/mol. The summed E-state index contributed by atoms with van der Waals surface area (Å²) in [7, 11) is 1.91. The van der Waals surface area contributed by atoms with E-state index < -0.39 is 0 Å². The smallest absolute Gasteiger partial charge is 0.225 e. The van der Waals surface area contributed by atoms with E-state index >= 15 is 0 Å². The van der Waals surface area contributed by atoms with Crippen LogP contribution >= 0.6 is 0 Å². The Kier molecular flexibility index (Phi) is 7.06. The minimum Gasteiger partial charge on any atom is -0.381 e. The Balaban J connectivity index is 1.70. The summed E-state index contributed by atoms with van der Waals surface area (Å²) in [6.45, 7) is 8.64. The first-order valence-electron chi connectivity index (χ1n) is 9.45. The molecule has 0 N–H and O–H groups in total. The SMILES string of the molecule is CC(C)N(C)C(=O)C1CCN(CCCC2(C#N)CCOCC2)CC1. The van der Waals surface area contributed by atoms with Crippen LogP contribution in [-0.2, 0) is 9.53 Å². The van der Waals surface area contributed by atoms with Crippen LogP contribution in [0.1, 0.15) is 52.4 Å². The lowest BCUT2D eigenvalue weighted by molar-refractivity contribution is -0.137. The van der Waals surface area contributed by atoms with Crippen molar-refractivity contribution in [3.8, 4) is 6.07 Å². The number of hydrogen-bond donors (Lipinski definition) is 0. The normalized spacial score (nSPS) is 22.3. The second-order valence-corrected chi connectivity index (χ2v) is 7.77. The lowest BCUT2D eigenvalue weighted by Gasteiger charge is -2.35. The van der Waals surface area contributed by atoms with Crippen LogP contribution in [0.4, 0.5) is 0 Å². The van der Waals surface area contributed by atoms with Gasteiger partial charge in [-0.1, -0.05) is 0 Å². The third-order valence-electron chi connectivity index (χ3n) is 5.88. The zero-order chi connectivity index (χ0) is 17.6. The molecule has 2 heterocycles. The zero-order valence-corrected chi connectivity index (χ0v) is 15.6. The predicted octanol–water partition coefficient (Wildman–Crippen LogP) is 2.67. The third kappa shape index (κ3) is 4.94. The second-order valence-electron chi connectivity index (χ2n) is 7.77. The topological polar surface area (TPSA) is 56.6 Å². The second kappa shape index (κ2) is 8.82. The number of piperidine rings is 1. The highest BCUT2D eigenvalue weighted by Gasteiger charge is 2.33. The first-order chi connectivity index (χ1) is 11.5. The van der Waals surface area contributed by atoms with Gasteiger partial charge in [0.05, 0.1) is 11.5 Å². The summed E-state index contributed by atoms with van der Waals surface area (Å²) >= 11 is 0. The minimum atomic E-state index is -0.160. The van der Waals surface area contributed by atoms with Crippen molar-refractivity contribution in [3.05, 3.63) is 0 Å².